The molecule has 0 aliphatic carbocycles. The Balaban J connectivity index is 2.01. The summed E-state index contributed by atoms with van der Waals surface area (Å²) < 4.78 is 7.14. The number of aromatic nitrogens is 3. The van der Waals surface area contributed by atoms with Crippen LogP contribution in [0, 0.1) is 5.92 Å². The summed E-state index contributed by atoms with van der Waals surface area (Å²) in [6.45, 7) is 4.99. The first-order chi connectivity index (χ1) is 11.5. The molecule has 6 nitrogen and oxygen atoms in total. The van der Waals surface area contributed by atoms with Crippen LogP contribution in [0.2, 0.25) is 0 Å². The van der Waals surface area contributed by atoms with Crippen molar-refractivity contribution >= 4 is 5.95 Å². The minimum atomic E-state index is -0.0460. The molecule has 3 aromatic heterocycles. The van der Waals surface area contributed by atoms with Crippen LogP contribution in [0.25, 0.3) is 22.6 Å². The number of hydrogen-bond acceptors (Lipinski definition) is 5. The van der Waals surface area contributed by atoms with Gasteiger partial charge in [0.15, 0.2) is 5.76 Å². The van der Waals surface area contributed by atoms with E-state index in [1.807, 2.05) is 12.3 Å². The van der Waals surface area contributed by atoms with E-state index in [1.54, 1.807) is 35.2 Å². The maximum Gasteiger partial charge on any atom is 0.251 e. The molecule has 2 N–H and O–H groups in total. The van der Waals surface area contributed by atoms with Gasteiger partial charge in [-0.3, -0.25) is 4.79 Å². The average Bonchev–Trinajstić information content (AvgIpc) is 3.08. The second-order valence-electron chi connectivity index (χ2n) is 6.10. The van der Waals surface area contributed by atoms with Gasteiger partial charge >= 0.3 is 0 Å². The molecule has 0 aliphatic heterocycles. The van der Waals surface area contributed by atoms with E-state index < -0.39 is 0 Å². The molecular formula is C18H20N4O2. The average molecular weight is 324 g/mol. The van der Waals surface area contributed by atoms with E-state index in [0.717, 1.165) is 12.0 Å². The smallest absolute Gasteiger partial charge is 0.251 e. The van der Waals surface area contributed by atoms with Gasteiger partial charge in [-0.15, -0.1) is 0 Å². The molecule has 124 valence electrons. The van der Waals surface area contributed by atoms with Gasteiger partial charge in [0.05, 0.1) is 6.26 Å². The van der Waals surface area contributed by atoms with Gasteiger partial charge in [-0.2, -0.15) is 0 Å². The maximum absolute atomic E-state index is 12.4. The van der Waals surface area contributed by atoms with E-state index >= 15 is 0 Å². The Morgan fingerprint density at radius 3 is 2.83 bits per heavy atom. The van der Waals surface area contributed by atoms with Crippen LogP contribution in [0.3, 0.4) is 0 Å². The number of anilines is 1. The van der Waals surface area contributed by atoms with Gasteiger partial charge in [-0.05, 0) is 36.1 Å². The highest BCUT2D eigenvalue weighted by atomic mass is 16.3. The van der Waals surface area contributed by atoms with Crippen molar-refractivity contribution in [2.24, 2.45) is 5.92 Å². The molecule has 0 atom stereocenters. The van der Waals surface area contributed by atoms with Crippen molar-refractivity contribution in [2.75, 3.05) is 5.73 Å². The molecule has 0 amide bonds. The fourth-order valence-corrected chi connectivity index (χ4v) is 2.47. The molecule has 3 rings (SSSR count). The van der Waals surface area contributed by atoms with Gasteiger partial charge in [-0.25, -0.2) is 9.97 Å². The van der Waals surface area contributed by atoms with Crippen molar-refractivity contribution < 1.29 is 4.42 Å². The minimum Gasteiger partial charge on any atom is -0.463 e. The standard InChI is InChI=1S/C18H20N4O2/c1-12(2)5-7-22-8-6-13(10-16(22)23)14-11-20-18(19)21-17(14)15-4-3-9-24-15/h3-4,6,8-12H,5,7H2,1-2H3,(H2,19,20,21). The van der Waals surface area contributed by atoms with Crippen LogP contribution in [-0.4, -0.2) is 14.5 Å². The fourth-order valence-electron chi connectivity index (χ4n) is 2.47. The molecule has 0 saturated heterocycles. The number of furan rings is 1. The lowest BCUT2D eigenvalue weighted by molar-refractivity contribution is 0.508. The zero-order valence-electron chi connectivity index (χ0n) is 13.8. The van der Waals surface area contributed by atoms with E-state index in [9.17, 15) is 4.79 Å². The molecule has 24 heavy (non-hydrogen) atoms. The van der Waals surface area contributed by atoms with Gasteiger partial charge in [0, 0.05) is 30.6 Å². The second kappa shape index (κ2) is 6.70. The highest BCUT2D eigenvalue weighted by molar-refractivity contribution is 5.78. The van der Waals surface area contributed by atoms with E-state index in [-0.39, 0.29) is 11.5 Å². The Labute approximate surface area is 140 Å². The van der Waals surface area contributed by atoms with E-state index in [2.05, 4.69) is 23.8 Å². The Kier molecular flexibility index (Phi) is 4.46. The number of nitrogen functional groups attached to an aromatic ring is 1. The monoisotopic (exact) mass is 324 g/mol. The molecular weight excluding hydrogens is 304 g/mol. The highest BCUT2D eigenvalue weighted by Gasteiger charge is 2.14. The zero-order valence-corrected chi connectivity index (χ0v) is 13.8. The SMILES string of the molecule is CC(C)CCn1ccc(-c2cnc(N)nc2-c2ccco2)cc1=O. The van der Waals surface area contributed by atoms with Crippen molar-refractivity contribution in [1.82, 2.24) is 14.5 Å². The molecule has 3 aromatic rings. The number of nitrogens with zero attached hydrogens (tertiary/aromatic N) is 3. The summed E-state index contributed by atoms with van der Waals surface area (Å²) in [5.41, 5.74) is 7.69. The van der Waals surface area contributed by atoms with E-state index in [4.69, 9.17) is 10.2 Å². The van der Waals surface area contributed by atoms with Gasteiger partial charge in [0.25, 0.3) is 5.56 Å². The van der Waals surface area contributed by atoms with Crippen molar-refractivity contribution in [3.05, 3.63) is 53.3 Å². The number of aryl methyl sites for hydroxylation is 1. The normalized spacial score (nSPS) is 11.1. The lowest BCUT2D eigenvalue weighted by Gasteiger charge is -2.10. The Bertz CT molecular complexity index is 882. The predicted molar refractivity (Wildman–Crippen MR) is 93.3 cm³/mol. The fraction of sp³-hybridized carbons (Fsp3) is 0.278. The Morgan fingerprint density at radius 2 is 2.17 bits per heavy atom. The third-order valence-electron chi connectivity index (χ3n) is 3.82. The first kappa shape index (κ1) is 16.0. The lowest BCUT2D eigenvalue weighted by atomic mass is 10.1. The summed E-state index contributed by atoms with van der Waals surface area (Å²) in [7, 11) is 0. The summed E-state index contributed by atoms with van der Waals surface area (Å²) in [5.74, 6) is 1.30. The van der Waals surface area contributed by atoms with Crippen LogP contribution in [-0.2, 0) is 6.54 Å². The molecule has 6 heteroatoms. The van der Waals surface area contributed by atoms with Gasteiger partial charge in [0.2, 0.25) is 5.95 Å². The molecule has 0 aliphatic rings. The summed E-state index contributed by atoms with van der Waals surface area (Å²) in [6.07, 6.45) is 5.96. The summed E-state index contributed by atoms with van der Waals surface area (Å²) in [5, 5.41) is 0. The Hall–Kier alpha value is -2.89. The molecule has 0 bridgehead atoms. The van der Waals surface area contributed by atoms with Crippen LogP contribution in [0.4, 0.5) is 5.95 Å². The Morgan fingerprint density at radius 1 is 1.33 bits per heavy atom. The van der Waals surface area contributed by atoms with Crippen molar-refractivity contribution in [3.63, 3.8) is 0 Å². The van der Waals surface area contributed by atoms with Crippen molar-refractivity contribution in [3.8, 4) is 22.6 Å². The first-order valence-electron chi connectivity index (χ1n) is 7.92. The third-order valence-corrected chi connectivity index (χ3v) is 3.82. The summed E-state index contributed by atoms with van der Waals surface area (Å²) in [6, 6.07) is 7.07. The minimum absolute atomic E-state index is 0.0460. The number of rotatable bonds is 5. The van der Waals surface area contributed by atoms with Crippen LogP contribution in [0.1, 0.15) is 20.3 Å². The molecule has 0 saturated carbocycles. The van der Waals surface area contributed by atoms with Gasteiger partial charge < -0.3 is 14.7 Å². The first-order valence-corrected chi connectivity index (χ1v) is 7.92. The second-order valence-corrected chi connectivity index (χ2v) is 6.10. The highest BCUT2D eigenvalue weighted by Crippen LogP contribution is 2.29. The van der Waals surface area contributed by atoms with Gasteiger partial charge in [0.1, 0.15) is 5.69 Å². The summed E-state index contributed by atoms with van der Waals surface area (Å²) >= 11 is 0. The third kappa shape index (κ3) is 3.37. The van der Waals surface area contributed by atoms with Crippen LogP contribution < -0.4 is 11.3 Å². The number of pyridine rings is 1. The molecule has 0 fully saturated rings. The van der Waals surface area contributed by atoms with Crippen molar-refractivity contribution in [1.29, 1.82) is 0 Å². The summed E-state index contributed by atoms with van der Waals surface area (Å²) in [4.78, 5) is 20.7. The molecule has 0 radical (unpaired) electrons. The predicted octanol–water partition coefficient (Wildman–Crippen LogP) is 3.19. The van der Waals surface area contributed by atoms with Crippen LogP contribution in [0.15, 0.2) is 52.1 Å². The molecule has 0 spiro atoms. The largest absolute Gasteiger partial charge is 0.463 e. The van der Waals surface area contributed by atoms with E-state index in [1.165, 1.54) is 0 Å². The lowest BCUT2D eigenvalue weighted by Crippen LogP contribution is -2.19. The van der Waals surface area contributed by atoms with Crippen molar-refractivity contribution in [2.45, 2.75) is 26.8 Å². The number of nitrogens with two attached hydrogens (primary N) is 1. The van der Waals surface area contributed by atoms with Gasteiger partial charge in [-0.1, -0.05) is 13.8 Å². The number of hydrogen-bond donors (Lipinski definition) is 1. The maximum atomic E-state index is 12.4. The van der Waals surface area contributed by atoms with Crippen LogP contribution >= 0.6 is 0 Å². The quantitative estimate of drug-likeness (QED) is 0.779. The van der Waals surface area contributed by atoms with Crippen LogP contribution in [0.5, 0.6) is 0 Å². The van der Waals surface area contributed by atoms with E-state index in [0.29, 0.717) is 29.5 Å². The zero-order chi connectivity index (χ0) is 17.1. The molecule has 3 heterocycles. The molecule has 0 aromatic carbocycles. The topological polar surface area (TPSA) is 86.9 Å². The molecule has 0 unspecified atom stereocenters.